The number of aliphatic hydroxyl groups excluding tert-OH is 1. The molecular weight excluding hydrogens is 564 g/mol. The lowest BCUT2D eigenvalue weighted by Gasteiger charge is -2.60. The van der Waals surface area contributed by atoms with Gasteiger partial charge in [0.05, 0.1) is 25.2 Å². The van der Waals surface area contributed by atoms with Crippen LogP contribution in [0.15, 0.2) is 36.4 Å². The Bertz CT molecular complexity index is 1630. The second kappa shape index (κ2) is 10.9. The van der Waals surface area contributed by atoms with E-state index in [0.29, 0.717) is 53.2 Å². The zero-order valence-electron chi connectivity index (χ0n) is 25.4. The maximum absolute atomic E-state index is 13.1. The third-order valence-corrected chi connectivity index (χ3v) is 9.99. The van der Waals surface area contributed by atoms with Crippen molar-refractivity contribution in [1.82, 2.24) is 9.80 Å². The molecule has 3 N–H and O–H groups in total. The van der Waals surface area contributed by atoms with Crippen molar-refractivity contribution in [3.05, 3.63) is 75.3 Å². The molecule has 232 valence electrons. The van der Waals surface area contributed by atoms with Crippen LogP contribution in [0.5, 0.6) is 28.7 Å². The summed E-state index contributed by atoms with van der Waals surface area (Å²) in [5.74, 6) is 1.24. The normalized spacial score (nSPS) is 25.2. The highest BCUT2D eigenvalue weighted by atomic mass is 16.7. The molecule has 10 heteroatoms. The predicted molar refractivity (Wildman–Crippen MR) is 160 cm³/mol. The highest BCUT2D eigenvalue weighted by molar-refractivity contribution is 5.70. The van der Waals surface area contributed by atoms with Crippen molar-refractivity contribution < 1.29 is 39.1 Å². The summed E-state index contributed by atoms with van der Waals surface area (Å²) < 4.78 is 23.3. The molecule has 4 aliphatic heterocycles. The van der Waals surface area contributed by atoms with Crippen LogP contribution in [0.2, 0.25) is 0 Å². The number of likely N-dealkylation sites (N-methyl/N-ethyl adjacent to an activating group) is 1. The summed E-state index contributed by atoms with van der Waals surface area (Å²) in [4.78, 5) is 17.2. The molecule has 7 rings (SSSR count). The quantitative estimate of drug-likeness (QED) is 0.359. The van der Waals surface area contributed by atoms with E-state index in [1.165, 1.54) is 0 Å². The Hall–Kier alpha value is -3.99. The van der Waals surface area contributed by atoms with Crippen molar-refractivity contribution in [2.24, 2.45) is 0 Å². The maximum Gasteiger partial charge on any atom is 0.306 e. The first-order valence-electron chi connectivity index (χ1n) is 15.1. The molecule has 4 heterocycles. The molecule has 0 aliphatic carbocycles. The zero-order chi connectivity index (χ0) is 30.9. The van der Waals surface area contributed by atoms with E-state index < -0.39 is 12.3 Å². The standard InChI is InChI=1S/C34H38N2O8/c1-17-12-20-13-23-34(40)36-22(28(35(23)3)26(20)30(39)31(17)41-4)14-21-27(33-32(43-16-44-33)18(2)29(21)38)24(36)15-42-25(37)11-10-19-8-6-5-7-9-19/h5-9,12,22-24,28,34,38-40H,10-11,13-16H2,1-4H3/t22?,23-,24-,28-,34-/m0/s1. The molecule has 10 nitrogen and oxygen atoms in total. The van der Waals surface area contributed by atoms with Gasteiger partial charge in [0, 0.05) is 34.7 Å². The van der Waals surface area contributed by atoms with E-state index >= 15 is 0 Å². The van der Waals surface area contributed by atoms with Gasteiger partial charge in [-0.2, -0.15) is 0 Å². The summed E-state index contributed by atoms with van der Waals surface area (Å²) in [6.07, 6.45) is 0.708. The van der Waals surface area contributed by atoms with Crippen LogP contribution in [0.3, 0.4) is 0 Å². The number of piperazine rings is 1. The highest BCUT2D eigenvalue weighted by Crippen LogP contribution is 2.58. The number of methoxy groups -OCH3 is 1. The molecule has 1 unspecified atom stereocenters. The Kier molecular flexibility index (Phi) is 7.10. The second-order valence-electron chi connectivity index (χ2n) is 12.3. The van der Waals surface area contributed by atoms with Gasteiger partial charge >= 0.3 is 5.97 Å². The number of hydrogen-bond donors (Lipinski definition) is 3. The molecule has 0 aromatic heterocycles. The molecule has 2 bridgehead atoms. The molecule has 3 aromatic rings. The number of phenols is 2. The fraction of sp³-hybridized carbons (Fsp3) is 0.441. The number of aromatic hydroxyl groups is 2. The van der Waals surface area contributed by atoms with E-state index in [9.17, 15) is 20.1 Å². The summed E-state index contributed by atoms with van der Waals surface area (Å²) >= 11 is 0. The van der Waals surface area contributed by atoms with Crippen LogP contribution in [0, 0.1) is 13.8 Å². The van der Waals surface area contributed by atoms with E-state index in [1.54, 1.807) is 14.0 Å². The van der Waals surface area contributed by atoms with Gasteiger partial charge in [-0.25, -0.2) is 0 Å². The van der Waals surface area contributed by atoms with Gasteiger partial charge in [-0.3, -0.25) is 14.6 Å². The number of carbonyl (C=O) groups is 1. The number of nitrogens with zero attached hydrogens (tertiary/aromatic N) is 2. The average Bonchev–Trinajstić information content (AvgIpc) is 3.51. The van der Waals surface area contributed by atoms with Crippen molar-refractivity contribution in [2.45, 2.75) is 69.9 Å². The van der Waals surface area contributed by atoms with Gasteiger partial charge in [0.2, 0.25) is 6.79 Å². The van der Waals surface area contributed by atoms with Crippen molar-refractivity contribution in [3.63, 3.8) is 0 Å². The number of rotatable bonds is 6. The summed E-state index contributed by atoms with van der Waals surface area (Å²) in [5, 5.41) is 35.1. The first-order chi connectivity index (χ1) is 21.2. The van der Waals surface area contributed by atoms with Gasteiger partial charge in [-0.15, -0.1) is 0 Å². The van der Waals surface area contributed by atoms with Crippen molar-refractivity contribution >= 4 is 5.97 Å². The number of benzene rings is 3. The third-order valence-electron chi connectivity index (χ3n) is 9.99. The van der Waals surface area contributed by atoms with Gasteiger partial charge in [0.15, 0.2) is 23.0 Å². The van der Waals surface area contributed by atoms with E-state index in [1.807, 2.05) is 55.3 Å². The van der Waals surface area contributed by atoms with E-state index in [-0.39, 0.29) is 55.4 Å². The van der Waals surface area contributed by atoms with Crippen LogP contribution in [0.25, 0.3) is 0 Å². The van der Waals surface area contributed by atoms with Crippen LogP contribution < -0.4 is 14.2 Å². The summed E-state index contributed by atoms with van der Waals surface area (Å²) in [7, 11) is 3.51. The lowest BCUT2D eigenvalue weighted by atomic mass is 9.73. The number of aryl methyl sites for hydroxylation is 2. The van der Waals surface area contributed by atoms with Gasteiger partial charge in [-0.1, -0.05) is 36.4 Å². The molecule has 0 spiro atoms. The molecule has 3 aromatic carbocycles. The molecule has 5 atom stereocenters. The van der Waals surface area contributed by atoms with E-state index in [2.05, 4.69) is 4.90 Å². The highest BCUT2D eigenvalue weighted by Gasteiger charge is 2.56. The largest absolute Gasteiger partial charge is 0.507 e. The first-order valence-corrected chi connectivity index (χ1v) is 15.1. The van der Waals surface area contributed by atoms with Crippen LogP contribution in [0.1, 0.15) is 57.4 Å². The second-order valence-corrected chi connectivity index (χ2v) is 12.3. The van der Waals surface area contributed by atoms with Gasteiger partial charge in [0.1, 0.15) is 18.6 Å². The number of esters is 1. The monoisotopic (exact) mass is 602 g/mol. The minimum absolute atomic E-state index is 0.00993. The van der Waals surface area contributed by atoms with Gasteiger partial charge < -0.3 is 34.3 Å². The third kappa shape index (κ3) is 4.30. The maximum atomic E-state index is 13.1. The Morgan fingerprint density at radius 1 is 1.02 bits per heavy atom. The van der Waals surface area contributed by atoms with E-state index in [4.69, 9.17) is 18.9 Å². The topological polar surface area (TPSA) is 121 Å². The van der Waals surface area contributed by atoms with Crippen LogP contribution in [-0.2, 0) is 28.8 Å². The van der Waals surface area contributed by atoms with Crippen molar-refractivity contribution in [1.29, 1.82) is 0 Å². The number of carbonyl (C=O) groups excluding carboxylic acids is 1. The lowest BCUT2D eigenvalue weighted by molar-refractivity contribution is -0.183. The Labute approximate surface area is 256 Å². The Morgan fingerprint density at radius 2 is 1.77 bits per heavy atom. The molecule has 0 saturated carbocycles. The fourth-order valence-electron chi connectivity index (χ4n) is 7.95. The van der Waals surface area contributed by atoms with Crippen molar-refractivity contribution in [2.75, 3.05) is 27.6 Å². The number of fused-ring (bicyclic) bond motifs is 9. The number of hydrogen-bond acceptors (Lipinski definition) is 10. The molecule has 1 fully saturated rings. The van der Waals surface area contributed by atoms with Crippen molar-refractivity contribution in [3.8, 4) is 28.7 Å². The fourth-order valence-corrected chi connectivity index (χ4v) is 7.95. The average molecular weight is 603 g/mol. The molecule has 1 saturated heterocycles. The van der Waals surface area contributed by atoms with Gasteiger partial charge in [0.25, 0.3) is 0 Å². The molecule has 0 radical (unpaired) electrons. The molecular formula is C34H38N2O8. The first kappa shape index (κ1) is 28.8. The number of ether oxygens (including phenoxy) is 4. The van der Waals surface area contributed by atoms with Crippen LogP contribution >= 0.6 is 0 Å². The van der Waals surface area contributed by atoms with Crippen LogP contribution in [0.4, 0.5) is 0 Å². The molecule has 0 amide bonds. The molecule has 44 heavy (non-hydrogen) atoms. The summed E-state index contributed by atoms with van der Waals surface area (Å²) in [6.45, 7) is 3.65. The smallest absolute Gasteiger partial charge is 0.306 e. The zero-order valence-corrected chi connectivity index (χ0v) is 25.4. The Morgan fingerprint density at radius 3 is 2.52 bits per heavy atom. The SMILES string of the molecule is COc1c(C)cc2c(c1O)[C@@H]1C3Cc4c(O)c(C)c5c(c4[C@H](COC(=O)CCc4ccccc4)N3[C@@H](O)[C@H](C2)N1C)OCO5. The van der Waals surface area contributed by atoms with Crippen LogP contribution in [-0.4, -0.2) is 77.0 Å². The lowest BCUT2D eigenvalue weighted by Crippen LogP contribution is -2.68. The summed E-state index contributed by atoms with van der Waals surface area (Å²) in [5.41, 5.74) is 5.51. The Balaban J connectivity index is 1.31. The summed E-state index contributed by atoms with van der Waals surface area (Å²) in [6, 6.07) is 10.2. The van der Waals surface area contributed by atoms with E-state index in [0.717, 1.165) is 22.3 Å². The van der Waals surface area contributed by atoms with Gasteiger partial charge in [-0.05, 0) is 56.8 Å². The number of phenolic OH excluding ortho intramolecular Hbond substituents is 2. The minimum Gasteiger partial charge on any atom is -0.507 e. The predicted octanol–water partition coefficient (Wildman–Crippen LogP) is 3.83. The minimum atomic E-state index is -0.929. The number of aliphatic hydroxyl groups is 1. The molecule has 4 aliphatic rings.